The Morgan fingerprint density at radius 1 is 1.38 bits per heavy atom. The number of hydrogen-bond donors (Lipinski definition) is 1. The Morgan fingerprint density at radius 3 is 2.81 bits per heavy atom. The van der Waals surface area contributed by atoms with E-state index in [1.165, 1.54) is 5.56 Å². The van der Waals surface area contributed by atoms with Crippen LogP contribution < -0.4 is 4.74 Å². The molecule has 3 heteroatoms. The Hall–Kier alpha value is -0.670. The van der Waals surface area contributed by atoms with E-state index >= 15 is 0 Å². The van der Waals surface area contributed by atoms with Gasteiger partial charge in [0.25, 0.3) is 0 Å². The van der Waals surface area contributed by atoms with Crippen LogP contribution in [0.2, 0.25) is 0 Å². The van der Waals surface area contributed by atoms with Crippen molar-refractivity contribution < 1.29 is 9.84 Å². The Kier molecular flexibility index (Phi) is 2.60. The Morgan fingerprint density at radius 2 is 2.19 bits per heavy atom. The molecule has 1 saturated carbocycles. The van der Waals surface area contributed by atoms with Gasteiger partial charge in [-0.2, -0.15) is 11.8 Å². The number of benzene rings is 1. The van der Waals surface area contributed by atoms with E-state index in [0.29, 0.717) is 6.10 Å². The predicted octanol–water partition coefficient (Wildman–Crippen LogP) is 2.25. The summed E-state index contributed by atoms with van der Waals surface area (Å²) in [5, 5.41) is 9.87. The average molecular weight is 236 g/mol. The van der Waals surface area contributed by atoms with E-state index in [4.69, 9.17) is 4.74 Å². The molecule has 0 atom stereocenters. The maximum absolute atomic E-state index is 9.87. The van der Waals surface area contributed by atoms with E-state index < -0.39 is 5.60 Å². The normalized spacial score (nSPS) is 22.6. The second kappa shape index (κ2) is 3.97. The fourth-order valence-corrected chi connectivity index (χ4v) is 2.47. The standard InChI is InChI=1S/C13H16O2S/c14-13(4-5-13)7-10-2-1-3-11(6-10)15-12-8-16-9-12/h1-3,6,12,14H,4-5,7-9H2. The highest BCUT2D eigenvalue weighted by atomic mass is 32.2. The SMILES string of the molecule is OC1(Cc2cccc(OC3CSC3)c2)CC1. The van der Waals surface area contributed by atoms with Gasteiger partial charge in [-0.15, -0.1) is 0 Å². The second-order valence-corrected chi connectivity index (χ2v) is 5.90. The molecule has 1 aliphatic carbocycles. The smallest absolute Gasteiger partial charge is 0.120 e. The molecule has 0 unspecified atom stereocenters. The summed E-state index contributed by atoms with van der Waals surface area (Å²) in [4.78, 5) is 0. The fraction of sp³-hybridized carbons (Fsp3) is 0.538. The van der Waals surface area contributed by atoms with Crippen LogP contribution in [0.15, 0.2) is 24.3 Å². The van der Waals surface area contributed by atoms with E-state index in [2.05, 4.69) is 12.1 Å². The fourth-order valence-electron chi connectivity index (χ4n) is 1.90. The minimum absolute atomic E-state index is 0.393. The highest BCUT2D eigenvalue weighted by Gasteiger charge is 2.40. The molecule has 0 aromatic heterocycles. The summed E-state index contributed by atoms with van der Waals surface area (Å²) in [6.45, 7) is 0. The van der Waals surface area contributed by atoms with Gasteiger partial charge in [0, 0.05) is 17.9 Å². The summed E-state index contributed by atoms with van der Waals surface area (Å²) in [7, 11) is 0. The van der Waals surface area contributed by atoms with Gasteiger partial charge in [0.2, 0.25) is 0 Å². The van der Waals surface area contributed by atoms with Crippen molar-refractivity contribution in [3.63, 3.8) is 0 Å². The van der Waals surface area contributed by atoms with Crippen molar-refractivity contribution in [1.82, 2.24) is 0 Å². The van der Waals surface area contributed by atoms with Crippen molar-refractivity contribution in [2.75, 3.05) is 11.5 Å². The second-order valence-electron chi connectivity index (χ2n) is 4.83. The predicted molar refractivity (Wildman–Crippen MR) is 66.1 cm³/mol. The molecule has 0 spiro atoms. The first-order valence-electron chi connectivity index (χ1n) is 5.79. The van der Waals surface area contributed by atoms with Gasteiger partial charge >= 0.3 is 0 Å². The van der Waals surface area contributed by atoms with Crippen LogP contribution in [0.3, 0.4) is 0 Å². The minimum Gasteiger partial charge on any atom is -0.489 e. The first-order valence-corrected chi connectivity index (χ1v) is 6.95. The van der Waals surface area contributed by atoms with Crippen LogP contribution in [0.5, 0.6) is 5.75 Å². The van der Waals surface area contributed by atoms with Gasteiger partial charge < -0.3 is 9.84 Å². The highest BCUT2D eigenvalue weighted by Crippen LogP contribution is 2.38. The van der Waals surface area contributed by atoms with E-state index in [1.807, 2.05) is 23.9 Å². The summed E-state index contributed by atoms with van der Waals surface area (Å²) in [6.07, 6.45) is 3.04. The van der Waals surface area contributed by atoms with E-state index in [0.717, 1.165) is 36.5 Å². The van der Waals surface area contributed by atoms with Crippen LogP contribution in [0, 0.1) is 0 Å². The van der Waals surface area contributed by atoms with Crippen LogP contribution in [0.25, 0.3) is 0 Å². The average Bonchev–Trinajstić information content (AvgIpc) is 2.90. The molecule has 16 heavy (non-hydrogen) atoms. The first kappa shape index (κ1) is 10.5. The van der Waals surface area contributed by atoms with E-state index in [-0.39, 0.29) is 0 Å². The van der Waals surface area contributed by atoms with Crippen LogP contribution in [0.1, 0.15) is 18.4 Å². The van der Waals surface area contributed by atoms with Crippen molar-refractivity contribution in [2.45, 2.75) is 31.0 Å². The molecule has 1 saturated heterocycles. The zero-order valence-electron chi connectivity index (χ0n) is 9.19. The number of hydrogen-bond acceptors (Lipinski definition) is 3. The molecule has 2 nitrogen and oxygen atoms in total. The number of ether oxygens (including phenoxy) is 1. The van der Waals surface area contributed by atoms with Gasteiger partial charge in [-0.05, 0) is 30.5 Å². The monoisotopic (exact) mass is 236 g/mol. The summed E-state index contributed by atoms with van der Waals surface area (Å²) in [5.74, 6) is 3.16. The molecule has 2 aliphatic rings. The lowest BCUT2D eigenvalue weighted by Crippen LogP contribution is -2.31. The third kappa shape index (κ3) is 2.36. The van der Waals surface area contributed by atoms with Crippen LogP contribution in [0.4, 0.5) is 0 Å². The van der Waals surface area contributed by atoms with E-state index in [1.54, 1.807) is 0 Å². The van der Waals surface area contributed by atoms with E-state index in [9.17, 15) is 5.11 Å². The number of rotatable bonds is 4. The van der Waals surface area contributed by atoms with Crippen molar-refractivity contribution >= 4 is 11.8 Å². The first-order chi connectivity index (χ1) is 7.73. The lowest BCUT2D eigenvalue weighted by molar-refractivity contribution is 0.151. The molecular weight excluding hydrogens is 220 g/mol. The quantitative estimate of drug-likeness (QED) is 0.869. The Labute approximate surface area is 100 Å². The Bertz CT molecular complexity index is 383. The van der Waals surface area contributed by atoms with Crippen molar-refractivity contribution in [3.8, 4) is 5.75 Å². The lowest BCUT2D eigenvalue weighted by Gasteiger charge is -2.26. The molecule has 2 fully saturated rings. The maximum Gasteiger partial charge on any atom is 0.120 e. The summed E-state index contributed by atoms with van der Waals surface area (Å²) >= 11 is 1.92. The molecule has 1 heterocycles. The molecule has 86 valence electrons. The number of thioether (sulfide) groups is 1. The molecule has 1 aliphatic heterocycles. The molecule has 1 N–H and O–H groups in total. The largest absolute Gasteiger partial charge is 0.489 e. The van der Waals surface area contributed by atoms with Crippen molar-refractivity contribution in [1.29, 1.82) is 0 Å². The van der Waals surface area contributed by atoms with Crippen LogP contribution in [-0.2, 0) is 6.42 Å². The summed E-state index contributed by atoms with van der Waals surface area (Å²) in [5.41, 5.74) is 0.773. The molecule has 0 bridgehead atoms. The van der Waals surface area contributed by atoms with Gasteiger partial charge in [0.15, 0.2) is 0 Å². The molecule has 0 amide bonds. The van der Waals surface area contributed by atoms with Crippen LogP contribution in [-0.4, -0.2) is 28.3 Å². The zero-order valence-corrected chi connectivity index (χ0v) is 10.0. The molecule has 1 aromatic rings. The van der Waals surface area contributed by atoms with Gasteiger partial charge in [-0.1, -0.05) is 12.1 Å². The number of aliphatic hydroxyl groups is 1. The Balaban J connectivity index is 1.66. The van der Waals surface area contributed by atoms with Crippen molar-refractivity contribution in [2.24, 2.45) is 0 Å². The third-order valence-corrected chi connectivity index (χ3v) is 4.38. The minimum atomic E-state index is -0.412. The highest BCUT2D eigenvalue weighted by molar-refractivity contribution is 8.00. The molecule has 3 rings (SSSR count). The molecule has 0 radical (unpaired) electrons. The summed E-state index contributed by atoms with van der Waals surface area (Å²) < 4.78 is 5.82. The zero-order chi connectivity index (χ0) is 11.0. The van der Waals surface area contributed by atoms with Gasteiger partial charge in [-0.25, -0.2) is 0 Å². The molecule has 1 aromatic carbocycles. The van der Waals surface area contributed by atoms with Gasteiger partial charge in [-0.3, -0.25) is 0 Å². The van der Waals surface area contributed by atoms with Crippen LogP contribution >= 0.6 is 11.8 Å². The van der Waals surface area contributed by atoms with Gasteiger partial charge in [0.1, 0.15) is 11.9 Å². The molecular formula is C13H16O2S. The van der Waals surface area contributed by atoms with Gasteiger partial charge in [0.05, 0.1) is 5.60 Å². The summed E-state index contributed by atoms with van der Waals surface area (Å²) in [6, 6.07) is 8.16. The topological polar surface area (TPSA) is 29.5 Å². The van der Waals surface area contributed by atoms with Crippen molar-refractivity contribution in [3.05, 3.63) is 29.8 Å². The lowest BCUT2D eigenvalue weighted by atomic mass is 10.1. The maximum atomic E-state index is 9.87. The third-order valence-electron chi connectivity index (χ3n) is 3.17.